The van der Waals surface area contributed by atoms with Gasteiger partial charge in [0, 0.05) is 12.1 Å². The number of pyridine rings is 1. The van der Waals surface area contributed by atoms with E-state index >= 15 is 0 Å². The minimum Gasteiger partial charge on any atom is -0.317 e. The number of rotatable bonds is 2. The highest BCUT2D eigenvalue weighted by Crippen LogP contribution is 2.23. The van der Waals surface area contributed by atoms with Gasteiger partial charge in [0.25, 0.3) is 0 Å². The predicted octanol–water partition coefficient (Wildman–Crippen LogP) is 2.49. The van der Waals surface area contributed by atoms with Crippen molar-refractivity contribution in [2.24, 2.45) is 0 Å². The number of H-pyrrole nitrogens is 1. The maximum absolute atomic E-state index is 4.58. The molecular weight excluding hydrogens is 297 g/mol. The number of halogens is 2. The fourth-order valence-corrected chi connectivity index (χ4v) is 2.26. The minimum absolute atomic E-state index is 0. The summed E-state index contributed by atoms with van der Waals surface area (Å²) in [5.74, 6) is 2.17. The maximum Gasteiger partial charge on any atom is 0.174 e. The Morgan fingerprint density at radius 3 is 2.55 bits per heavy atom. The Morgan fingerprint density at radius 1 is 1.15 bits per heavy atom. The van der Waals surface area contributed by atoms with Crippen LogP contribution in [0.15, 0.2) is 18.3 Å². The second kappa shape index (κ2) is 7.57. The first-order valence-electron chi connectivity index (χ1n) is 6.39. The van der Waals surface area contributed by atoms with E-state index < -0.39 is 0 Å². The lowest BCUT2D eigenvalue weighted by Gasteiger charge is -2.19. The van der Waals surface area contributed by atoms with Gasteiger partial charge in [0.2, 0.25) is 0 Å². The fourth-order valence-electron chi connectivity index (χ4n) is 2.26. The van der Waals surface area contributed by atoms with Gasteiger partial charge >= 0.3 is 0 Å². The second-order valence-electron chi connectivity index (χ2n) is 4.79. The molecule has 7 heteroatoms. The van der Waals surface area contributed by atoms with Gasteiger partial charge in [-0.2, -0.15) is 5.10 Å². The number of aromatic amines is 1. The number of nitrogens with one attached hydrogen (secondary N) is 2. The third-order valence-electron chi connectivity index (χ3n) is 3.36. The van der Waals surface area contributed by atoms with Gasteiger partial charge in [-0.05, 0) is 44.5 Å². The van der Waals surface area contributed by atoms with Gasteiger partial charge in [0.15, 0.2) is 11.6 Å². The summed E-state index contributed by atoms with van der Waals surface area (Å²) in [7, 11) is 0. The molecule has 3 heterocycles. The first-order valence-corrected chi connectivity index (χ1v) is 6.39. The Hall–Kier alpha value is -1.17. The van der Waals surface area contributed by atoms with Crippen molar-refractivity contribution in [3.05, 3.63) is 29.7 Å². The summed E-state index contributed by atoms with van der Waals surface area (Å²) in [5, 5.41) is 10.7. The third kappa shape index (κ3) is 3.69. The molecule has 0 amide bonds. The van der Waals surface area contributed by atoms with E-state index in [2.05, 4.69) is 25.5 Å². The van der Waals surface area contributed by atoms with Gasteiger partial charge in [0.05, 0.1) is 0 Å². The third-order valence-corrected chi connectivity index (χ3v) is 3.36. The zero-order chi connectivity index (χ0) is 12.4. The average molecular weight is 316 g/mol. The van der Waals surface area contributed by atoms with Crippen molar-refractivity contribution in [3.8, 4) is 11.5 Å². The lowest BCUT2D eigenvalue weighted by atomic mass is 9.98. The summed E-state index contributed by atoms with van der Waals surface area (Å²) in [6, 6.07) is 4.01. The molecule has 1 aliphatic rings. The summed E-state index contributed by atoms with van der Waals surface area (Å²) < 4.78 is 0. The van der Waals surface area contributed by atoms with E-state index in [-0.39, 0.29) is 24.8 Å². The van der Waals surface area contributed by atoms with Crippen LogP contribution in [0.1, 0.15) is 30.1 Å². The number of piperidine rings is 1. The largest absolute Gasteiger partial charge is 0.317 e. The lowest BCUT2D eigenvalue weighted by molar-refractivity contribution is 0.446. The Balaban J connectivity index is 0.000001000. The molecule has 3 rings (SSSR count). The molecule has 2 N–H and O–H groups in total. The standard InChI is InChI=1S/C13H17N5.2ClH/c1-9-2-3-11(15-8-9)13-16-12(17-18-13)10-4-6-14-7-5-10;;/h2-3,8,10,14H,4-7H2,1H3,(H,16,17,18);2*1H. The van der Waals surface area contributed by atoms with Crippen LogP contribution in [-0.4, -0.2) is 33.3 Å². The van der Waals surface area contributed by atoms with E-state index in [4.69, 9.17) is 0 Å². The number of hydrogen-bond donors (Lipinski definition) is 2. The SMILES string of the molecule is Cc1ccc(-c2nc(C3CCNCC3)n[nH]2)nc1.Cl.Cl. The molecule has 20 heavy (non-hydrogen) atoms. The molecule has 2 aromatic rings. The fraction of sp³-hybridized carbons (Fsp3) is 0.462. The molecule has 1 saturated heterocycles. The molecule has 110 valence electrons. The van der Waals surface area contributed by atoms with E-state index in [1.54, 1.807) is 0 Å². The Labute approximate surface area is 130 Å². The van der Waals surface area contributed by atoms with Gasteiger partial charge in [-0.1, -0.05) is 6.07 Å². The van der Waals surface area contributed by atoms with Gasteiger partial charge < -0.3 is 5.32 Å². The summed E-state index contributed by atoms with van der Waals surface area (Å²) in [4.78, 5) is 8.94. The van der Waals surface area contributed by atoms with Crippen molar-refractivity contribution in [3.63, 3.8) is 0 Å². The zero-order valence-corrected chi connectivity index (χ0v) is 12.9. The van der Waals surface area contributed by atoms with Crippen LogP contribution in [0, 0.1) is 6.92 Å². The van der Waals surface area contributed by atoms with Crippen LogP contribution in [0.4, 0.5) is 0 Å². The van der Waals surface area contributed by atoms with Gasteiger partial charge in [-0.25, -0.2) is 4.98 Å². The van der Waals surface area contributed by atoms with Crippen LogP contribution in [0.25, 0.3) is 11.5 Å². The van der Waals surface area contributed by atoms with Crippen molar-refractivity contribution in [1.29, 1.82) is 0 Å². The number of aromatic nitrogens is 4. The molecule has 0 aromatic carbocycles. The van der Waals surface area contributed by atoms with Crippen molar-refractivity contribution < 1.29 is 0 Å². The number of nitrogens with zero attached hydrogens (tertiary/aromatic N) is 3. The highest BCUT2D eigenvalue weighted by molar-refractivity contribution is 5.85. The van der Waals surface area contributed by atoms with Crippen LogP contribution < -0.4 is 5.32 Å². The van der Waals surface area contributed by atoms with Gasteiger partial charge in [-0.15, -0.1) is 24.8 Å². The zero-order valence-electron chi connectivity index (χ0n) is 11.3. The van der Waals surface area contributed by atoms with E-state index in [1.807, 2.05) is 25.3 Å². The molecule has 2 aromatic heterocycles. The molecule has 0 radical (unpaired) electrons. The van der Waals surface area contributed by atoms with Gasteiger partial charge in [-0.3, -0.25) is 10.1 Å². The topological polar surface area (TPSA) is 66.5 Å². The van der Waals surface area contributed by atoms with Gasteiger partial charge in [0.1, 0.15) is 5.69 Å². The molecule has 5 nitrogen and oxygen atoms in total. The van der Waals surface area contributed by atoms with Crippen LogP contribution in [0.5, 0.6) is 0 Å². The summed E-state index contributed by atoms with van der Waals surface area (Å²) >= 11 is 0. The van der Waals surface area contributed by atoms with Crippen molar-refractivity contribution in [2.75, 3.05) is 13.1 Å². The summed E-state index contributed by atoms with van der Waals surface area (Å²) in [5.41, 5.74) is 2.00. The van der Waals surface area contributed by atoms with Crippen LogP contribution in [0.2, 0.25) is 0 Å². The predicted molar refractivity (Wildman–Crippen MR) is 83.7 cm³/mol. The monoisotopic (exact) mass is 315 g/mol. The number of hydrogen-bond acceptors (Lipinski definition) is 4. The normalized spacial score (nSPS) is 15.2. The lowest BCUT2D eigenvalue weighted by Crippen LogP contribution is -2.27. The van der Waals surface area contributed by atoms with E-state index in [0.29, 0.717) is 5.92 Å². The van der Waals surface area contributed by atoms with Crippen molar-refractivity contribution >= 4 is 24.8 Å². The quantitative estimate of drug-likeness (QED) is 0.893. The Kier molecular flexibility index (Phi) is 6.39. The first kappa shape index (κ1) is 16.9. The van der Waals surface area contributed by atoms with Crippen molar-refractivity contribution in [1.82, 2.24) is 25.5 Å². The highest BCUT2D eigenvalue weighted by atomic mass is 35.5. The highest BCUT2D eigenvalue weighted by Gasteiger charge is 2.19. The molecule has 0 unspecified atom stereocenters. The smallest absolute Gasteiger partial charge is 0.174 e. The Bertz CT molecular complexity index is 520. The van der Waals surface area contributed by atoms with Crippen LogP contribution in [0.3, 0.4) is 0 Å². The summed E-state index contributed by atoms with van der Waals surface area (Å²) in [6.45, 7) is 4.13. The molecule has 0 saturated carbocycles. The van der Waals surface area contributed by atoms with Crippen LogP contribution >= 0.6 is 24.8 Å². The van der Waals surface area contributed by atoms with E-state index in [9.17, 15) is 0 Å². The first-order chi connectivity index (χ1) is 8.83. The molecule has 1 fully saturated rings. The molecule has 0 spiro atoms. The minimum atomic E-state index is 0. The van der Waals surface area contributed by atoms with Crippen molar-refractivity contribution in [2.45, 2.75) is 25.7 Å². The second-order valence-corrected chi connectivity index (χ2v) is 4.79. The Morgan fingerprint density at radius 2 is 1.90 bits per heavy atom. The average Bonchev–Trinajstić information content (AvgIpc) is 2.90. The van der Waals surface area contributed by atoms with E-state index in [0.717, 1.165) is 48.8 Å². The van der Waals surface area contributed by atoms with E-state index in [1.165, 1.54) is 0 Å². The molecule has 0 atom stereocenters. The molecular formula is C13H19Cl2N5. The molecule has 0 aliphatic carbocycles. The number of aryl methyl sites for hydroxylation is 1. The molecule has 1 aliphatic heterocycles. The maximum atomic E-state index is 4.58. The summed E-state index contributed by atoms with van der Waals surface area (Å²) in [6.07, 6.45) is 4.07. The molecule has 0 bridgehead atoms. The van der Waals surface area contributed by atoms with Crippen LogP contribution in [-0.2, 0) is 0 Å².